The molecule has 16 heavy (non-hydrogen) atoms. The standard InChI is InChI=1S/C13H23NOS/c1-13(15,9-16-2)8-14-7-12-6-10-3-4-11(12)5-10/h3-4,10-12,14-15H,5-9H2,1-2H3. The second-order valence-corrected chi connectivity index (χ2v) is 6.47. The lowest BCUT2D eigenvalue weighted by molar-refractivity contribution is 0.0834. The van der Waals surface area contributed by atoms with Crippen molar-refractivity contribution in [2.75, 3.05) is 25.1 Å². The summed E-state index contributed by atoms with van der Waals surface area (Å²) in [6.45, 7) is 3.69. The fourth-order valence-corrected chi connectivity index (χ4v) is 3.74. The normalized spacial score (nSPS) is 35.6. The molecule has 0 aromatic heterocycles. The van der Waals surface area contributed by atoms with Gasteiger partial charge < -0.3 is 10.4 Å². The molecule has 1 saturated carbocycles. The number of rotatable bonds is 6. The fourth-order valence-electron chi connectivity index (χ4n) is 3.02. The zero-order valence-corrected chi connectivity index (χ0v) is 11.1. The van der Waals surface area contributed by atoms with Crippen molar-refractivity contribution in [3.63, 3.8) is 0 Å². The average Bonchev–Trinajstić information content (AvgIpc) is 2.78. The largest absolute Gasteiger partial charge is 0.388 e. The Labute approximate surface area is 103 Å². The van der Waals surface area contributed by atoms with Crippen LogP contribution in [0.4, 0.5) is 0 Å². The molecule has 0 aromatic rings. The van der Waals surface area contributed by atoms with Crippen LogP contribution in [-0.4, -0.2) is 35.8 Å². The maximum atomic E-state index is 10.0. The first-order chi connectivity index (χ1) is 7.61. The zero-order valence-electron chi connectivity index (χ0n) is 10.3. The van der Waals surface area contributed by atoms with Gasteiger partial charge in [0.2, 0.25) is 0 Å². The third-order valence-electron chi connectivity index (χ3n) is 3.78. The van der Waals surface area contributed by atoms with Gasteiger partial charge in [0, 0.05) is 12.3 Å². The summed E-state index contributed by atoms with van der Waals surface area (Å²) in [5, 5.41) is 13.5. The smallest absolute Gasteiger partial charge is 0.0833 e. The molecule has 0 amide bonds. The monoisotopic (exact) mass is 241 g/mol. The van der Waals surface area contributed by atoms with E-state index < -0.39 is 5.60 Å². The first-order valence-corrected chi connectivity index (χ1v) is 7.60. The Bertz CT molecular complexity index is 265. The van der Waals surface area contributed by atoms with Gasteiger partial charge in [-0.25, -0.2) is 0 Å². The number of fused-ring (bicyclic) bond motifs is 2. The molecule has 2 N–H and O–H groups in total. The summed E-state index contributed by atoms with van der Waals surface area (Å²) < 4.78 is 0. The van der Waals surface area contributed by atoms with Gasteiger partial charge in [0.05, 0.1) is 5.60 Å². The van der Waals surface area contributed by atoms with Crippen molar-refractivity contribution in [2.24, 2.45) is 17.8 Å². The highest BCUT2D eigenvalue weighted by atomic mass is 32.2. The maximum absolute atomic E-state index is 10.0. The molecule has 0 saturated heterocycles. The van der Waals surface area contributed by atoms with Crippen LogP contribution in [0.5, 0.6) is 0 Å². The van der Waals surface area contributed by atoms with Crippen LogP contribution in [0, 0.1) is 17.8 Å². The molecule has 0 aliphatic heterocycles. The molecule has 2 nitrogen and oxygen atoms in total. The maximum Gasteiger partial charge on any atom is 0.0833 e. The molecule has 1 fully saturated rings. The molecule has 0 heterocycles. The SMILES string of the molecule is CSCC(C)(O)CNCC1CC2C=CC1C2. The van der Waals surface area contributed by atoms with E-state index in [0.717, 1.165) is 30.1 Å². The van der Waals surface area contributed by atoms with Gasteiger partial charge >= 0.3 is 0 Å². The van der Waals surface area contributed by atoms with Gasteiger partial charge in [-0.15, -0.1) is 0 Å². The third-order valence-corrected chi connectivity index (χ3v) is 4.69. The second kappa shape index (κ2) is 5.11. The number of allylic oxidation sites excluding steroid dienone is 2. The lowest BCUT2D eigenvalue weighted by atomic mass is 9.93. The molecular weight excluding hydrogens is 218 g/mol. The minimum absolute atomic E-state index is 0.563. The molecule has 0 aromatic carbocycles. The highest BCUT2D eigenvalue weighted by Gasteiger charge is 2.35. The molecule has 3 heteroatoms. The van der Waals surface area contributed by atoms with Crippen molar-refractivity contribution in [1.82, 2.24) is 5.32 Å². The number of hydrogen-bond acceptors (Lipinski definition) is 3. The molecule has 2 rings (SSSR count). The van der Waals surface area contributed by atoms with Gasteiger partial charge in [-0.3, -0.25) is 0 Å². The van der Waals surface area contributed by atoms with Crippen molar-refractivity contribution in [2.45, 2.75) is 25.4 Å². The van der Waals surface area contributed by atoms with E-state index in [-0.39, 0.29) is 0 Å². The van der Waals surface area contributed by atoms with Crippen molar-refractivity contribution in [3.05, 3.63) is 12.2 Å². The molecule has 0 radical (unpaired) electrons. The molecule has 2 bridgehead atoms. The van der Waals surface area contributed by atoms with E-state index in [9.17, 15) is 5.11 Å². The number of hydrogen-bond donors (Lipinski definition) is 2. The van der Waals surface area contributed by atoms with Crippen molar-refractivity contribution >= 4 is 11.8 Å². The van der Waals surface area contributed by atoms with Gasteiger partial charge in [-0.2, -0.15) is 11.8 Å². The summed E-state index contributed by atoms with van der Waals surface area (Å²) in [6.07, 6.45) is 9.52. The fraction of sp³-hybridized carbons (Fsp3) is 0.846. The highest BCUT2D eigenvalue weighted by Crippen LogP contribution is 2.42. The van der Waals surface area contributed by atoms with E-state index in [0.29, 0.717) is 6.54 Å². The Balaban J connectivity index is 1.67. The Hall–Kier alpha value is 0.0100. The van der Waals surface area contributed by atoms with E-state index >= 15 is 0 Å². The Morgan fingerprint density at radius 3 is 2.81 bits per heavy atom. The van der Waals surface area contributed by atoms with Gasteiger partial charge in [0.15, 0.2) is 0 Å². The van der Waals surface area contributed by atoms with E-state index in [1.54, 1.807) is 11.8 Å². The Morgan fingerprint density at radius 2 is 2.25 bits per heavy atom. The lowest BCUT2D eigenvalue weighted by Gasteiger charge is -2.25. The van der Waals surface area contributed by atoms with Crippen molar-refractivity contribution < 1.29 is 5.11 Å². The first-order valence-electron chi connectivity index (χ1n) is 6.21. The van der Waals surface area contributed by atoms with Gasteiger partial charge in [0.25, 0.3) is 0 Å². The quantitative estimate of drug-likeness (QED) is 0.697. The minimum Gasteiger partial charge on any atom is -0.388 e. The van der Waals surface area contributed by atoms with Crippen molar-refractivity contribution in [3.8, 4) is 0 Å². The van der Waals surface area contributed by atoms with E-state index in [1.807, 2.05) is 13.2 Å². The molecule has 4 unspecified atom stereocenters. The Kier molecular flexibility index (Phi) is 3.98. The van der Waals surface area contributed by atoms with Crippen LogP contribution in [0.25, 0.3) is 0 Å². The van der Waals surface area contributed by atoms with E-state index in [1.165, 1.54) is 12.8 Å². The predicted octanol–water partition coefficient (Wildman–Crippen LogP) is 1.90. The van der Waals surface area contributed by atoms with Crippen LogP contribution in [0.15, 0.2) is 12.2 Å². The van der Waals surface area contributed by atoms with E-state index in [2.05, 4.69) is 17.5 Å². The van der Waals surface area contributed by atoms with Crippen LogP contribution in [0.3, 0.4) is 0 Å². The highest BCUT2D eigenvalue weighted by molar-refractivity contribution is 7.98. The minimum atomic E-state index is -0.563. The van der Waals surface area contributed by atoms with Crippen molar-refractivity contribution in [1.29, 1.82) is 0 Å². The number of nitrogens with one attached hydrogen (secondary N) is 1. The summed E-state index contributed by atoms with van der Waals surface area (Å²) >= 11 is 1.70. The van der Waals surface area contributed by atoms with Gasteiger partial charge in [-0.1, -0.05) is 12.2 Å². The summed E-state index contributed by atoms with van der Waals surface area (Å²) in [5.41, 5.74) is -0.563. The van der Waals surface area contributed by atoms with Crippen LogP contribution in [-0.2, 0) is 0 Å². The number of aliphatic hydroxyl groups is 1. The first kappa shape index (κ1) is 12.5. The summed E-state index contributed by atoms with van der Waals surface area (Å²) in [6, 6.07) is 0. The summed E-state index contributed by atoms with van der Waals surface area (Å²) in [7, 11) is 0. The average molecular weight is 241 g/mol. The van der Waals surface area contributed by atoms with E-state index in [4.69, 9.17) is 0 Å². The molecule has 2 aliphatic carbocycles. The molecular formula is C13H23NOS. The second-order valence-electron chi connectivity index (χ2n) is 5.60. The molecule has 92 valence electrons. The van der Waals surface area contributed by atoms with Gasteiger partial charge in [0.1, 0.15) is 0 Å². The number of thioether (sulfide) groups is 1. The van der Waals surface area contributed by atoms with Crippen LogP contribution in [0.2, 0.25) is 0 Å². The molecule has 4 atom stereocenters. The van der Waals surface area contributed by atoms with Crippen LogP contribution < -0.4 is 5.32 Å². The zero-order chi connectivity index (χ0) is 11.6. The third kappa shape index (κ3) is 3.02. The van der Waals surface area contributed by atoms with Gasteiger partial charge in [-0.05, 0) is 50.3 Å². The van der Waals surface area contributed by atoms with Crippen LogP contribution >= 0.6 is 11.8 Å². The summed E-state index contributed by atoms with van der Waals surface area (Å²) in [4.78, 5) is 0. The molecule has 2 aliphatic rings. The Morgan fingerprint density at radius 1 is 1.44 bits per heavy atom. The van der Waals surface area contributed by atoms with Crippen LogP contribution in [0.1, 0.15) is 19.8 Å². The predicted molar refractivity (Wildman–Crippen MR) is 70.7 cm³/mol. The topological polar surface area (TPSA) is 32.3 Å². The lowest BCUT2D eigenvalue weighted by Crippen LogP contribution is -2.42. The summed E-state index contributed by atoms with van der Waals surface area (Å²) in [5.74, 6) is 3.27. The molecule has 0 spiro atoms.